The molecule has 2 aromatic carbocycles. The van der Waals surface area contributed by atoms with E-state index in [-0.39, 0.29) is 25.9 Å². The highest BCUT2D eigenvalue weighted by Crippen LogP contribution is 2.36. The van der Waals surface area contributed by atoms with Gasteiger partial charge in [0.05, 0.1) is 0 Å². The first-order valence-electron chi connectivity index (χ1n) is 15.5. The molecule has 0 aromatic heterocycles. The summed E-state index contributed by atoms with van der Waals surface area (Å²) in [6.07, 6.45) is 3.72. The van der Waals surface area contributed by atoms with Gasteiger partial charge in [0.15, 0.2) is 0 Å². The molecular formula is C35H48N2O7. The van der Waals surface area contributed by atoms with Crippen molar-refractivity contribution < 1.29 is 33.4 Å². The summed E-state index contributed by atoms with van der Waals surface area (Å²) in [4.78, 5) is 52.4. The van der Waals surface area contributed by atoms with E-state index in [1.165, 1.54) is 5.56 Å². The Morgan fingerprint density at radius 2 is 1.41 bits per heavy atom. The summed E-state index contributed by atoms with van der Waals surface area (Å²) in [5, 5.41) is 5.41. The van der Waals surface area contributed by atoms with Gasteiger partial charge in [-0.25, -0.2) is 9.59 Å². The van der Waals surface area contributed by atoms with Crippen molar-refractivity contribution in [2.75, 3.05) is 0 Å². The second-order valence-electron chi connectivity index (χ2n) is 13.4. The van der Waals surface area contributed by atoms with E-state index in [9.17, 15) is 19.2 Å². The molecule has 1 aliphatic rings. The van der Waals surface area contributed by atoms with Crippen LogP contribution in [0.25, 0.3) is 0 Å². The molecule has 0 heterocycles. The Balaban J connectivity index is 1.80. The number of amides is 2. The summed E-state index contributed by atoms with van der Waals surface area (Å²) >= 11 is 0. The van der Waals surface area contributed by atoms with Crippen LogP contribution in [0.2, 0.25) is 0 Å². The van der Waals surface area contributed by atoms with Crippen LogP contribution in [0, 0.1) is 0 Å². The van der Waals surface area contributed by atoms with Gasteiger partial charge in [0.25, 0.3) is 0 Å². The van der Waals surface area contributed by atoms with Gasteiger partial charge in [-0.2, -0.15) is 0 Å². The van der Waals surface area contributed by atoms with Crippen LogP contribution in [0.1, 0.15) is 103 Å². The molecule has 240 valence electrons. The highest BCUT2D eigenvalue weighted by Gasteiger charge is 2.32. The molecular weight excluding hydrogens is 560 g/mol. The molecule has 1 fully saturated rings. The molecule has 9 nitrogen and oxygen atoms in total. The molecule has 2 aromatic rings. The molecule has 0 spiro atoms. The number of nitrogens with one attached hydrogen (secondary N) is 2. The standard InChI is InChI=1S/C35H48N2O7/c1-34(2,3)43-30(38)21-20-28(37-33(41)42-23-24-14-8-7-9-15-24)31(39)36-29(32(40)44-35(4,5)6)22-26-18-12-13-19-27(26)25-16-10-11-17-25/h7-9,12-15,18-19,25,28-29H,10-11,16-17,20-23H2,1-6H3,(H,36,39)(H,37,41)/t28-,29-/m0/s1. The Bertz CT molecular complexity index is 1260. The number of carbonyl (C=O) groups is 4. The molecule has 2 N–H and O–H groups in total. The smallest absolute Gasteiger partial charge is 0.408 e. The quantitative estimate of drug-likeness (QED) is 0.220. The van der Waals surface area contributed by atoms with E-state index in [0.29, 0.717) is 5.92 Å². The van der Waals surface area contributed by atoms with Crippen LogP contribution in [0.4, 0.5) is 4.79 Å². The largest absolute Gasteiger partial charge is 0.460 e. The minimum absolute atomic E-state index is 0.00552. The first-order chi connectivity index (χ1) is 20.7. The Kier molecular flexibility index (Phi) is 12.4. The lowest BCUT2D eigenvalue weighted by Gasteiger charge is -2.27. The van der Waals surface area contributed by atoms with Gasteiger partial charge in [-0.15, -0.1) is 0 Å². The van der Waals surface area contributed by atoms with Crippen molar-refractivity contribution in [3.8, 4) is 0 Å². The molecule has 0 radical (unpaired) electrons. The minimum atomic E-state index is -1.17. The van der Waals surface area contributed by atoms with Crippen molar-refractivity contribution in [2.45, 2.75) is 122 Å². The van der Waals surface area contributed by atoms with Crippen LogP contribution in [-0.2, 0) is 41.6 Å². The first-order valence-corrected chi connectivity index (χ1v) is 15.5. The van der Waals surface area contributed by atoms with Crippen LogP contribution in [0.15, 0.2) is 54.6 Å². The second kappa shape index (κ2) is 15.7. The molecule has 2 amide bonds. The third kappa shape index (κ3) is 12.0. The van der Waals surface area contributed by atoms with Crippen LogP contribution in [0.5, 0.6) is 0 Å². The lowest BCUT2D eigenvalue weighted by molar-refractivity contribution is -0.159. The van der Waals surface area contributed by atoms with Gasteiger partial charge in [0, 0.05) is 12.8 Å². The highest BCUT2D eigenvalue weighted by atomic mass is 16.6. The molecule has 2 atom stereocenters. The predicted molar refractivity (Wildman–Crippen MR) is 168 cm³/mol. The number of hydrogen-bond donors (Lipinski definition) is 2. The zero-order valence-electron chi connectivity index (χ0n) is 26.9. The summed E-state index contributed by atoms with van der Waals surface area (Å²) in [5.74, 6) is -1.31. The normalized spacial score (nSPS) is 15.1. The number of esters is 2. The molecule has 1 saturated carbocycles. The average molecular weight is 609 g/mol. The maximum atomic E-state index is 13.7. The van der Waals surface area contributed by atoms with Gasteiger partial charge in [-0.3, -0.25) is 9.59 Å². The van der Waals surface area contributed by atoms with E-state index in [1.807, 2.05) is 48.5 Å². The Labute approximate surface area is 261 Å². The third-order valence-electron chi connectivity index (χ3n) is 7.16. The maximum Gasteiger partial charge on any atom is 0.408 e. The summed E-state index contributed by atoms with van der Waals surface area (Å²) in [6, 6.07) is 15.0. The maximum absolute atomic E-state index is 13.7. The lowest BCUT2D eigenvalue weighted by Crippen LogP contribution is -2.53. The number of rotatable bonds is 12. The van der Waals surface area contributed by atoms with Crippen molar-refractivity contribution in [1.29, 1.82) is 0 Å². The zero-order valence-corrected chi connectivity index (χ0v) is 26.9. The Hall–Kier alpha value is -3.88. The fraction of sp³-hybridized carbons (Fsp3) is 0.543. The summed E-state index contributed by atoms with van der Waals surface area (Å²) in [6.45, 7) is 10.6. The van der Waals surface area contributed by atoms with E-state index in [4.69, 9.17) is 14.2 Å². The van der Waals surface area contributed by atoms with Gasteiger partial charge < -0.3 is 24.8 Å². The van der Waals surface area contributed by atoms with Crippen LogP contribution in [-0.4, -0.2) is 47.2 Å². The monoisotopic (exact) mass is 608 g/mol. The van der Waals surface area contributed by atoms with E-state index >= 15 is 0 Å². The average Bonchev–Trinajstić information content (AvgIpc) is 3.47. The molecule has 0 aliphatic heterocycles. The zero-order chi connectivity index (χ0) is 32.3. The van der Waals surface area contributed by atoms with E-state index in [2.05, 4.69) is 16.7 Å². The number of alkyl carbamates (subject to hydrolysis) is 1. The molecule has 0 bridgehead atoms. The molecule has 0 saturated heterocycles. The Morgan fingerprint density at radius 3 is 2.05 bits per heavy atom. The fourth-order valence-corrected chi connectivity index (χ4v) is 5.24. The molecule has 44 heavy (non-hydrogen) atoms. The number of ether oxygens (including phenoxy) is 3. The SMILES string of the molecule is CC(C)(C)OC(=O)CC[C@H](NC(=O)OCc1ccccc1)C(=O)N[C@@H](Cc1ccccc1C1CCCC1)C(=O)OC(C)(C)C. The van der Waals surface area contributed by atoms with Crippen LogP contribution in [0.3, 0.4) is 0 Å². The second-order valence-corrected chi connectivity index (χ2v) is 13.4. The predicted octanol–water partition coefficient (Wildman–Crippen LogP) is 6.13. The van der Waals surface area contributed by atoms with Crippen LogP contribution < -0.4 is 10.6 Å². The Morgan fingerprint density at radius 1 is 0.795 bits per heavy atom. The van der Waals surface area contributed by atoms with Crippen molar-refractivity contribution in [3.05, 3.63) is 71.3 Å². The number of hydrogen-bond acceptors (Lipinski definition) is 7. The van der Waals surface area contributed by atoms with Crippen molar-refractivity contribution in [1.82, 2.24) is 10.6 Å². The number of benzene rings is 2. The number of carbonyl (C=O) groups excluding carboxylic acids is 4. The third-order valence-corrected chi connectivity index (χ3v) is 7.16. The van der Waals surface area contributed by atoms with Gasteiger partial charge in [-0.05, 0) is 83.4 Å². The first kappa shape index (κ1) is 34.6. The molecule has 0 unspecified atom stereocenters. The van der Waals surface area contributed by atoms with Gasteiger partial charge in [0.2, 0.25) is 5.91 Å². The summed E-state index contributed by atoms with van der Waals surface area (Å²) < 4.78 is 16.4. The van der Waals surface area contributed by atoms with Gasteiger partial charge in [0.1, 0.15) is 29.9 Å². The molecule has 3 rings (SSSR count). The van der Waals surface area contributed by atoms with Crippen molar-refractivity contribution >= 4 is 23.9 Å². The van der Waals surface area contributed by atoms with E-state index in [1.54, 1.807) is 41.5 Å². The van der Waals surface area contributed by atoms with Gasteiger partial charge in [-0.1, -0.05) is 67.4 Å². The topological polar surface area (TPSA) is 120 Å². The van der Waals surface area contributed by atoms with Gasteiger partial charge >= 0.3 is 18.0 Å². The highest BCUT2D eigenvalue weighted by molar-refractivity contribution is 5.90. The lowest BCUT2D eigenvalue weighted by atomic mass is 9.90. The van der Waals surface area contributed by atoms with E-state index in [0.717, 1.165) is 36.8 Å². The molecule has 9 heteroatoms. The van der Waals surface area contributed by atoms with Crippen molar-refractivity contribution in [2.24, 2.45) is 0 Å². The van der Waals surface area contributed by atoms with Crippen LogP contribution >= 0.6 is 0 Å². The minimum Gasteiger partial charge on any atom is -0.460 e. The summed E-state index contributed by atoms with van der Waals surface area (Å²) in [5.41, 5.74) is 1.45. The summed E-state index contributed by atoms with van der Waals surface area (Å²) in [7, 11) is 0. The van der Waals surface area contributed by atoms with Crippen molar-refractivity contribution in [3.63, 3.8) is 0 Å². The molecule has 1 aliphatic carbocycles. The fourth-order valence-electron chi connectivity index (χ4n) is 5.24. The van der Waals surface area contributed by atoms with E-state index < -0.39 is 47.2 Å².